The normalized spacial score (nSPS) is 55.9. The molecule has 0 spiro atoms. The quantitative estimate of drug-likeness (QED) is 0.358. The minimum Gasteiger partial charge on any atom is -0.299 e. The molecular formula is C30H48O. The maximum atomic E-state index is 12.9. The summed E-state index contributed by atoms with van der Waals surface area (Å²) >= 11 is 0. The van der Waals surface area contributed by atoms with Crippen LogP contribution in [0.3, 0.4) is 0 Å². The molecule has 9 atom stereocenters. The summed E-state index contributed by atoms with van der Waals surface area (Å²) in [6, 6.07) is 0. The molecule has 0 saturated heterocycles. The van der Waals surface area contributed by atoms with E-state index in [1.54, 1.807) is 0 Å². The van der Waals surface area contributed by atoms with Gasteiger partial charge in [-0.25, -0.2) is 0 Å². The predicted octanol–water partition coefficient (Wildman–Crippen LogP) is 8.23. The second kappa shape index (κ2) is 6.50. The Morgan fingerprint density at radius 1 is 0.871 bits per heavy atom. The molecule has 0 aromatic carbocycles. The van der Waals surface area contributed by atoms with Crippen LogP contribution in [0.25, 0.3) is 0 Å². The first-order valence-corrected chi connectivity index (χ1v) is 13.6. The highest BCUT2D eigenvalue weighted by molar-refractivity contribution is 5.85. The largest absolute Gasteiger partial charge is 0.299 e. The molecule has 5 aliphatic carbocycles. The summed E-state index contributed by atoms with van der Waals surface area (Å²) in [5.74, 6) is 4.26. The van der Waals surface area contributed by atoms with E-state index < -0.39 is 0 Å². The predicted molar refractivity (Wildman–Crippen MR) is 130 cm³/mol. The zero-order valence-electron chi connectivity index (χ0n) is 21.7. The minimum absolute atomic E-state index is 0.158. The third kappa shape index (κ3) is 2.59. The van der Waals surface area contributed by atoms with Crippen molar-refractivity contribution in [1.82, 2.24) is 0 Å². The van der Waals surface area contributed by atoms with E-state index in [4.69, 9.17) is 0 Å². The molecule has 0 unspecified atom stereocenters. The van der Waals surface area contributed by atoms with Crippen molar-refractivity contribution >= 4 is 5.78 Å². The maximum absolute atomic E-state index is 12.9. The van der Waals surface area contributed by atoms with Crippen LogP contribution in [0.2, 0.25) is 0 Å². The summed E-state index contributed by atoms with van der Waals surface area (Å²) in [5, 5.41) is 0. The number of carbonyl (C=O) groups excluding carboxylic acids is 1. The zero-order valence-corrected chi connectivity index (χ0v) is 21.7. The number of ketones is 1. The molecule has 1 heteroatoms. The van der Waals surface area contributed by atoms with E-state index in [9.17, 15) is 4.79 Å². The highest BCUT2D eigenvalue weighted by Crippen LogP contribution is 2.75. The molecule has 0 heterocycles. The van der Waals surface area contributed by atoms with Crippen LogP contribution in [0.1, 0.15) is 113 Å². The Kier molecular flexibility index (Phi) is 4.66. The van der Waals surface area contributed by atoms with Crippen molar-refractivity contribution in [2.24, 2.45) is 56.7 Å². The molecule has 0 amide bonds. The van der Waals surface area contributed by atoms with Crippen LogP contribution in [0, 0.1) is 56.7 Å². The van der Waals surface area contributed by atoms with Gasteiger partial charge >= 0.3 is 0 Å². The van der Waals surface area contributed by atoms with Gasteiger partial charge in [0.2, 0.25) is 0 Å². The van der Waals surface area contributed by atoms with Gasteiger partial charge in [0, 0.05) is 11.8 Å². The molecule has 4 fully saturated rings. The molecule has 5 rings (SSSR count). The van der Waals surface area contributed by atoms with Crippen LogP contribution in [-0.2, 0) is 4.79 Å². The third-order valence-corrected chi connectivity index (χ3v) is 13.1. The number of allylic oxidation sites excluding steroid dienone is 2. The molecule has 0 bridgehead atoms. The zero-order chi connectivity index (χ0) is 22.6. The van der Waals surface area contributed by atoms with Crippen molar-refractivity contribution < 1.29 is 4.79 Å². The van der Waals surface area contributed by atoms with Gasteiger partial charge in [-0.15, -0.1) is 0 Å². The second-order valence-electron chi connectivity index (χ2n) is 14.4. The molecule has 1 nitrogen and oxygen atoms in total. The number of rotatable bonds is 0. The fourth-order valence-corrected chi connectivity index (χ4v) is 10.8. The van der Waals surface area contributed by atoms with Crippen molar-refractivity contribution in [3.63, 3.8) is 0 Å². The van der Waals surface area contributed by atoms with Crippen molar-refractivity contribution in [2.45, 2.75) is 113 Å². The van der Waals surface area contributed by atoms with Crippen LogP contribution >= 0.6 is 0 Å². The Labute approximate surface area is 192 Å². The number of fused-ring (bicyclic) bond motifs is 7. The Morgan fingerprint density at radius 2 is 1.58 bits per heavy atom. The van der Waals surface area contributed by atoms with Gasteiger partial charge < -0.3 is 0 Å². The smallest absolute Gasteiger partial charge is 0.138 e. The van der Waals surface area contributed by atoms with Crippen molar-refractivity contribution in [2.75, 3.05) is 0 Å². The van der Waals surface area contributed by atoms with E-state index in [1.807, 2.05) is 5.57 Å². The highest BCUT2D eigenvalue weighted by atomic mass is 16.1. The fourth-order valence-electron chi connectivity index (χ4n) is 10.8. The summed E-state index contributed by atoms with van der Waals surface area (Å²) in [5.41, 5.74) is 3.27. The molecule has 0 aromatic heterocycles. The van der Waals surface area contributed by atoms with E-state index in [-0.39, 0.29) is 5.41 Å². The summed E-state index contributed by atoms with van der Waals surface area (Å²) in [4.78, 5) is 12.9. The molecule has 0 aliphatic heterocycles. The molecule has 0 N–H and O–H groups in total. The first kappa shape index (κ1) is 22.2. The Morgan fingerprint density at radius 3 is 2.29 bits per heavy atom. The second-order valence-corrected chi connectivity index (χ2v) is 14.4. The van der Waals surface area contributed by atoms with Crippen molar-refractivity contribution in [1.29, 1.82) is 0 Å². The number of hydrogen-bond acceptors (Lipinski definition) is 1. The Balaban J connectivity index is 1.59. The molecular weight excluding hydrogens is 376 g/mol. The number of carbonyl (C=O) groups is 1. The first-order valence-electron chi connectivity index (χ1n) is 13.6. The minimum atomic E-state index is -0.158. The van der Waals surface area contributed by atoms with E-state index in [2.05, 4.69) is 61.5 Å². The van der Waals surface area contributed by atoms with Gasteiger partial charge in [-0.1, -0.05) is 67.0 Å². The van der Waals surface area contributed by atoms with Gasteiger partial charge in [0.05, 0.1) is 0 Å². The Bertz CT molecular complexity index is 820. The average Bonchev–Trinajstić information content (AvgIpc) is 2.70. The van der Waals surface area contributed by atoms with E-state index in [0.29, 0.717) is 39.3 Å². The summed E-state index contributed by atoms with van der Waals surface area (Å²) in [6.07, 6.45) is 14.1. The van der Waals surface area contributed by atoms with Crippen LogP contribution in [0.15, 0.2) is 11.6 Å². The monoisotopic (exact) mass is 424 g/mol. The summed E-state index contributed by atoms with van der Waals surface area (Å²) in [7, 11) is 0. The lowest BCUT2D eigenvalue weighted by molar-refractivity contribution is -0.181. The lowest BCUT2D eigenvalue weighted by atomic mass is 9.33. The van der Waals surface area contributed by atoms with E-state index in [0.717, 1.165) is 37.0 Å². The maximum Gasteiger partial charge on any atom is 0.138 e. The topological polar surface area (TPSA) is 17.1 Å². The van der Waals surface area contributed by atoms with Crippen LogP contribution in [0.5, 0.6) is 0 Å². The van der Waals surface area contributed by atoms with Crippen LogP contribution in [0.4, 0.5) is 0 Å². The van der Waals surface area contributed by atoms with Gasteiger partial charge in [0.25, 0.3) is 0 Å². The van der Waals surface area contributed by atoms with Crippen LogP contribution in [-0.4, -0.2) is 5.78 Å². The van der Waals surface area contributed by atoms with Gasteiger partial charge in [-0.3, -0.25) is 4.79 Å². The molecule has 5 aliphatic rings. The average molecular weight is 425 g/mol. The standard InChI is InChI=1S/C30H48O/c1-19-11-14-27(5)17-18-29(7)22-9-10-23-26(3,4)24(31)13-15-28(23,6)21(22)12-16-30(29,8)25(27)20(19)2/h9,19-21,23,25H,10-18H2,1-8H3/t19-,20+,21+,23-,25-,27-,28-,29-,30+/m1/s1. The Hall–Kier alpha value is -0.590. The molecule has 0 radical (unpaired) electrons. The SMILES string of the molecule is C[C@H]1[C@H](C)CC[C@]2(C)CC[C@]3(C)C4=CC[C@@H]5C(C)(C)C(=O)CC[C@]5(C)[C@H]4CC[C@@]3(C)[C@H]12. The van der Waals surface area contributed by atoms with E-state index in [1.165, 1.54) is 38.5 Å². The summed E-state index contributed by atoms with van der Waals surface area (Å²) < 4.78 is 0. The molecule has 31 heavy (non-hydrogen) atoms. The number of hydrogen-bond donors (Lipinski definition) is 0. The summed E-state index contributed by atoms with van der Waals surface area (Å²) in [6.45, 7) is 20.2. The first-order chi connectivity index (χ1) is 14.3. The van der Waals surface area contributed by atoms with Crippen molar-refractivity contribution in [3.05, 3.63) is 11.6 Å². The van der Waals surface area contributed by atoms with Gasteiger partial charge in [0.1, 0.15) is 5.78 Å². The third-order valence-electron chi connectivity index (χ3n) is 13.1. The molecule has 4 saturated carbocycles. The van der Waals surface area contributed by atoms with Gasteiger partial charge in [-0.2, -0.15) is 0 Å². The van der Waals surface area contributed by atoms with Crippen LogP contribution < -0.4 is 0 Å². The molecule has 0 aromatic rings. The highest BCUT2D eigenvalue weighted by Gasteiger charge is 2.67. The molecule has 174 valence electrons. The van der Waals surface area contributed by atoms with Crippen molar-refractivity contribution in [3.8, 4) is 0 Å². The lowest BCUT2D eigenvalue weighted by Gasteiger charge is -2.71. The van der Waals surface area contributed by atoms with Gasteiger partial charge in [-0.05, 0) is 103 Å². The van der Waals surface area contributed by atoms with Gasteiger partial charge in [0.15, 0.2) is 0 Å². The van der Waals surface area contributed by atoms with E-state index >= 15 is 0 Å². The lowest BCUT2D eigenvalue weighted by Crippen LogP contribution is -2.63. The fraction of sp³-hybridized carbons (Fsp3) is 0.900. The number of Topliss-reactive ketones (excluding diaryl/α,β-unsaturated/α-hetero) is 1.